The third-order valence-electron chi connectivity index (χ3n) is 2.46. The quantitative estimate of drug-likeness (QED) is 0.874. The number of hydrogen-bond acceptors (Lipinski definition) is 3. The normalized spacial score (nSPS) is 12.5. The van der Waals surface area contributed by atoms with E-state index in [1.54, 1.807) is 12.3 Å². The predicted octanol–water partition coefficient (Wildman–Crippen LogP) is 1.98. The Bertz CT molecular complexity index is 383. The van der Waals surface area contributed by atoms with Crippen LogP contribution in [0.15, 0.2) is 22.9 Å². The van der Waals surface area contributed by atoms with Crippen LogP contribution in [-0.2, 0) is 0 Å². The van der Waals surface area contributed by atoms with Crippen LogP contribution in [0.2, 0.25) is 0 Å². The molecule has 0 saturated carbocycles. The van der Waals surface area contributed by atoms with Gasteiger partial charge in [0.15, 0.2) is 0 Å². The summed E-state index contributed by atoms with van der Waals surface area (Å²) in [5.74, 6) is 0.0363. The minimum atomic E-state index is -0.379. The van der Waals surface area contributed by atoms with Crippen molar-refractivity contribution in [2.45, 2.75) is 26.4 Å². The van der Waals surface area contributed by atoms with E-state index < -0.39 is 0 Å². The standard InChI is InChI=1S/C12H17BrN2O2/c1-8(2)11(16)3-4-15-12(17)9-5-10(13)7-14-6-9/h5-8,11,16H,3-4H2,1-2H3,(H,15,17). The number of halogens is 1. The van der Waals surface area contributed by atoms with Crippen LogP contribution in [0.3, 0.4) is 0 Å². The van der Waals surface area contributed by atoms with Gasteiger partial charge in [0, 0.05) is 23.4 Å². The number of nitrogens with zero attached hydrogens (tertiary/aromatic N) is 1. The lowest BCUT2D eigenvalue weighted by Gasteiger charge is -2.14. The molecule has 0 aromatic carbocycles. The average Bonchev–Trinajstić information content (AvgIpc) is 2.28. The first kappa shape index (κ1) is 14.1. The van der Waals surface area contributed by atoms with Crippen molar-refractivity contribution in [3.8, 4) is 0 Å². The second-order valence-electron chi connectivity index (χ2n) is 4.25. The van der Waals surface area contributed by atoms with E-state index in [2.05, 4.69) is 26.2 Å². The summed E-state index contributed by atoms with van der Waals surface area (Å²) in [5, 5.41) is 12.3. The SMILES string of the molecule is CC(C)C(O)CCNC(=O)c1cncc(Br)c1. The van der Waals surface area contributed by atoms with Gasteiger partial charge in [0.05, 0.1) is 11.7 Å². The van der Waals surface area contributed by atoms with Crippen molar-refractivity contribution in [3.63, 3.8) is 0 Å². The number of aromatic nitrogens is 1. The smallest absolute Gasteiger partial charge is 0.252 e. The lowest BCUT2D eigenvalue weighted by Crippen LogP contribution is -2.28. The van der Waals surface area contributed by atoms with E-state index in [0.29, 0.717) is 18.5 Å². The fourth-order valence-electron chi connectivity index (χ4n) is 1.31. The maximum Gasteiger partial charge on any atom is 0.252 e. The van der Waals surface area contributed by atoms with Crippen molar-refractivity contribution >= 4 is 21.8 Å². The molecular weight excluding hydrogens is 284 g/mol. The molecule has 0 spiro atoms. The molecule has 1 heterocycles. The molecule has 1 aromatic rings. The number of carbonyl (C=O) groups excluding carboxylic acids is 1. The van der Waals surface area contributed by atoms with E-state index in [9.17, 15) is 9.90 Å². The molecule has 0 bridgehead atoms. The second kappa shape index (κ2) is 6.71. The molecular formula is C12H17BrN2O2. The molecule has 4 nitrogen and oxygen atoms in total. The number of amides is 1. The summed E-state index contributed by atoms with van der Waals surface area (Å²) >= 11 is 3.26. The van der Waals surface area contributed by atoms with Crippen LogP contribution in [0, 0.1) is 5.92 Å². The number of rotatable bonds is 5. The number of pyridine rings is 1. The van der Waals surface area contributed by atoms with Crippen LogP contribution >= 0.6 is 15.9 Å². The van der Waals surface area contributed by atoms with Crippen molar-refractivity contribution in [2.24, 2.45) is 5.92 Å². The van der Waals surface area contributed by atoms with Gasteiger partial charge in [-0.3, -0.25) is 9.78 Å². The average molecular weight is 301 g/mol. The van der Waals surface area contributed by atoms with Gasteiger partial charge in [-0.05, 0) is 34.3 Å². The van der Waals surface area contributed by atoms with Crippen LogP contribution in [0.4, 0.5) is 0 Å². The molecule has 5 heteroatoms. The van der Waals surface area contributed by atoms with Crippen molar-refractivity contribution in [1.29, 1.82) is 0 Å². The van der Waals surface area contributed by atoms with E-state index in [0.717, 1.165) is 4.47 Å². The van der Waals surface area contributed by atoms with Crippen LogP contribution in [0.1, 0.15) is 30.6 Å². The fraction of sp³-hybridized carbons (Fsp3) is 0.500. The zero-order valence-corrected chi connectivity index (χ0v) is 11.6. The van der Waals surface area contributed by atoms with E-state index in [1.165, 1.54) is 6.20 Å². The molecule has 0 aliphatic rings. The summed E-state index contributed by atoms with van der Waals surface area (Å²) in [4.78, 5) is 15.6. The first-order chi connectivity index (χ1) is 8.00. The second-order valence-corrected chi connectivity index (χ2v) is 5.16. The molecule has 94 valence electrons. The van der Waals surface area contributed by atoms with E-state index in [4.69, 9.17) is 0 Å². The van der Waals surface area contributed by atoms with Gasteiger partial charge in [-0.2, -0.15) is 0 Å². The van der Waals surface area contributed by atoms with E-state index in [-0.39, 0.29) is 17.9 Å². The summed E-state index contributed by atoms with van der Waals surface area (Å²) < 4.78 is 0.771. The van der Waals surface area contributed by atoms with Crippen LogP contribution in [0.5, 0.6) is 0 Å². The van der Waals surface area contributed by atoms with Gasteiger partial charge < -0.3 is 10.4 Å². The topological polar surface area (TPSA) is 62.2 Å². The molecule has 0 aliphatic heterocycles. The Balaban J connectivity index is 2.40. The largest absolute Gasteiger partial charge is 0.393 e. The highest BCUT2D eigenvalue weighted by molar-refractivity contribution is 9.10. The first-order valence-corrected chi connectivity index (χ1v) is 6.37. The van der Waals surface area contributed by atoms with Crippen LogP contribution in [0.25, 0.3) is 0 Å². The molecule has 1 atom stereocenters. The zero-order chi connectivity index (χ0) is 12.8. The maximum atomic E-state index is 11.7. The summed E-state index contributed by atoms with van der Waals surface area (Å²) in [7, 11) is 0. The lowest BCUT2D eigenvalue weighted by atomic mass is 10.0. The number of carbonyl (C=O) groups is 1. The Morgan fingerprint density at radius 1 is 1.53 bits per heavy atom. The van der Waals surface area contributed by atoms with Crippen molar-refractivity contribution in [1.82, 2.24) is 10.3 Å². The van der Waals surface area contributed by atoms with E-state index >= 15 is 0 Å². The Kier molecular flexibility index (Phi) is 5.58. The van der Waals surface area contributed by atoms with E-state index in [1.807, 2.05) is 13.8 Å². The Morgan fingerprint density at radius 3 is 2.82 bits per heavy atom. The molecule has 1 aromatic heterocycles. The highest BCUT2D eigenvalue weighted by Gasteiger charge is 2.10. The molecule has 1 rings (SSSR count). The Hall–Kier alpha value is -0.940. The Labute approximate surface area is 110 Å². The van der Waals surface area contributed by atoms with Gasteiger partial charge >= 0.3 is 0 Å². The van der Waals surface area contributed by atoms with Gasteiger partial charge in [0.25, 0.3) is 5.91 Å². The van der Waals surface area contributed by atoms with Crippen LogP contribution < -0.4 is 5.32 Å². The highest BCUT2D eigenvalue weighted by Crippen LogP contribution is 2.09. The van der Waals surface area contributed by atoms with Gasteiger partial charge in [-0.25, -0.2) is 0 Å². The molecule has 0 aliphatic carbocycles. The van der Waals surface area contributed by atoms with Gasteiger partial charge in [0.1, 0.15) is 0 Å². The minimum Gasteiger partial charge on any atom is -0.393 e. The molecule has 1 unspecified atom stereocenters. The monoisotopic (exact) mass is 300 g/mol. The molecule has 17 heavy (non-hydrogen) atoms. The van der Waals surface area contributed by atoms with Crippen molar-refractivity contribution in [2.75, 3.05) is 6.54 Å². The van der Waals surface area contributed by atoms with Gasteiger partial charge in [-0.15, -0.1) is 0 Å². The van der Waals surface area contributed by atoms with Crippen LogP contribution in [-0.4, -0.2) is 28.6 Å². The van der Waals surface area contributed by atoms with Crippen molar-refractivity contribution < 1.29 is 9.90 Å². The fourth-order valence-corrected chi connectivity index (χ4v) is 1.67. The number of hydrogen-bond donors (Lipinski definition) is 2. The minimum absolute atomic E-state index is 0.172. The van der Waals surface area contributed by atoms with Crippen molar-refractivity contribution in [3.05, 3.63) is 28.5 Å². The summed E-state index contributed by atoms with van der Waals surface area (Å²) in [5.41, 5.74) is 0.512. The predicted molar refractivity (Wildman–Crippen MR) is 69.7 cm³/mol. The molecule has 0 saturated heterocycles. The molecule has 0 radical (unpaired) electrons. The third-order valence-corrected chi connectivity index (χ3v) is 2.90. The summed E-state index contributed by atoms with van der Waals surface area (Å²) in [6.07, 6.45) is 3.32. The molecule has 1 amide bonds. The molecule has 0 fully saturated rings. The Morgan fingerprint density at radius 2 is 2.24 bits per heavy atom. The third kappa shape index (κ3) is 4.83. The summed E-state index contributed by atoms with van der Waals surface area (Å²) in [6.45, 7) is 4.36. The lowest BCUT2D eigenvalue weighted by molar-refractivity contribution is 0.0920. The number of aliphatic hydroxyl groups is 1. The zero-order valence-electron chi connectivity index (χ0n) is 9.98. The highest BCUT2D eigenvalue weighted by atomic mass is 79.9. The van der Waals surface area contributed by atoms with Gasteiger partial charge in [0.2, 0.25) is 0 Å². The summed E-state index contributed by atoms with van der Waals surface area (Å²) in [6, 6.07) is 1.71. The maximum absolute atomic E-state index is 11.7. The molecule has 2 N–H and O–H groups in total. The van der Waals surface area contributed by atoms with Gasteiger partial charge in [-0.1, -0.05) is 13.8 Å². The number of nitrogens with one attached hydrogen (secondary N) is 1. The number of aliphatic hydroxyl groups excluding tert-OH is 1. The first-order valence-electron chi connectivity index (χ1n) is 5.57.